The number of pyridine rings is 1. The minimum absolute atomic E-state index is 0.546. The van der Waals surface area contributed by atoms with Crippen molar-refractivity contribution in [1.82, 2.24) is 4.98 Å². The average molecular weight is 107 g/mol. The van der Waals surface area contributed by atoms with Crippen LogP contribution in [0.1, 0.15) is 5.56 Å². The van der Waals surface area contributed by atoms with Gasteiger partial charge in [-0.1, -0.05) is 0 Å². The molecule has 0 unspecified atom stereocenters. The van der Waals surface area contributed by atoms with Gasteiger partial charge in [0.2, 0.25) is 0 Å². The van der Waals surface area contributed by atoms with E-state index in [9.17, 15) is 0 Å². The van der Waals surface area contributed by atoms with Crippen LogP contribution in [0.25, 0.3) is 0 Å². The molecule has 8 heavy (non-hydrogen) atoms. The van der Waals surface area contributed by atoms with Crippen LogP contribution in [0, 0.1) is 6.07 Å². The monoisotopic (exact) mass is 107 g/mol. The van der Waals surface area contributed by atoms with Crippen molar-refractivity contribution in [3.63, 3.8) is 0 Å². The Morgan fingerprint density at radius 2 is 2.62 bits per heavy atom. The van der Waals surface area contributed by atoms with E-state index in [0.717, 1.165) is 5.56 Å². The van der Waals surface area contributed by atoms with Crippen molar-refractivity contribution in [1.29, 1.82) is 0 Å². The lowest BCUT2D eigenvalue weighted by Crippen LogP contribution is -1.95. The van der Waals surface area contributed by atoms with Gasteiger partial charge in [0, 0.05) is 25.0 Å². The first-order valence-corrected chi connectivity index (χ1v) is 2.43. The second-order valence-corrected chi connectivity index (χ2v) is 1.50. The Kier molecular flexibility index (Phi) is 1.59. The molecule has 0 atom stereocenters. The van der Waals surface area contributed by atoms with E-state index in [4.69, 9.17) is 5.73 Å². The third-order valence-electron chi connectivity index (χ3n) is 0.894. The first-order valence-electron chi connectivity index (χ1n) is 2.43. The molecule has 0 spiro atoms. The highest BCUT2D eigenvalue weighted by Crippen LogP contribution is 1.89. The number of aromatic nitrogens is 1. The average Bonchev–Trinajstić information content (AvgIpc) is 1.90. The molecule has 1 aromatic heterocycles. The maximum atomic E-state index is 5.29. The van der Waals surface area contributed by atoms with Gasteiger partial charge in [-0.05, 0) is 11.6 Å². The van der Waals surface area contributed by atoms with Gasteiger partial charge in [0.1, 0.15) is 0 Å². The Morgan fingerprint density at radius 3 is 3.00 bits per heavy atom. The molecule has 0 aliphatic heterocycles. The standard InChI is InChI=1S/C6H7N2/c7-4-6-2-1-3-8-5-6/h2-3,5H,4,7H2. The van der Waals surface area contributed by atoms with Gasteiger partial charge in [-0.15, -0.1) is 0 Å². The summed E-state index contributed by atoms with van der Waals surface area (Å²) in [7, 11) is 0. The van der Waals surface area contributed by atoms with Gasteiger partial charge in [-0.2, -0.15) is 0 Å². The molecule has 41 valence electrons. The lowest BCUT2D eigenvalue weighted by Gasteiger charge is -1.88. The second-order valence-electron chi connectivity index (χ2n) is 1.50. The fourth-order valence-electron chi connectivity index (χ4n) is 0.469. The number of nitrogens with two attached hydrogens (primary N) is 1. The highest BCUT2D eigenvalue weighted by atomic mass is 14.6. The van der Waals surface area contributed by atoms with Gasteiger partial charge >= 0.3 is 0 Å². The zero-order valence-electron chi connectivity index (χ0n) is 4.46. The van der Waals surface area contributed by atoms with Gasteiger partial charge < -0.3 is 5.73 Å². The molecule has 0 bridgehead atoms. The van der Waals surface area contributed by atoms with E-state index in [-0.39, 0.29) is 0 Å². The zero-order valence-corrected chi connectivity index (χ0v) is 4.46. The Bertz CT molecular complexity index is 148. The first kappa shape index (κ1) is 5.25. The Balaban J connectivity index is 2.83. The summed E-state index contributed by atoms with van der Waals surface area (Å²) in [6, 6.07) is 4.65. The van der Waals surface area contributed by atoms with Gasteiger partial charge in [-0.25, -0.2) is 0 Å². The van der Waals surface area contributed by atoms with Crippen LogP contribution < -0.4 is 5.73 Å². The summed E-state index contributed by atoms with van der Waals surface area (Å²) in [5, 5.41) is 0. The smallest absolute Gasteiger partial charge is 0.0347 e. The highest BCUT2D eigenvalue weighted by molar-refractivity contribution is 5.05. The van der Waals surface area contributed by atoms with Crippen LogP contribution in [0.4, 0.5) is 0 Å². The number of rotatable bonds is 1. The van der Waals surface area contributed by atoms with Crippen LogP contribution in [0.5, 0.6) is 0 Å². The molecule has 0 saturated heterocycles. The summed E-state index contributed by atoms with van der Waals surface area (Å²) in [5.41, 5.74) is 6.31. The fourth-order valence-corrected chi connectivity index (χ4v) is 0.469. The van der Waals surface area contributed by atoms with Crippen molar-refractivity contribution >= 4 is 0 Å². The topological polar surface area (TPSA) is 38.9 Å². The summed E-state index contributed by atoms with van der Waals surface area (Å²) in [6.45, 7) is 0.546. The molecule has 0 saturated carbocycles. The molecule has 0 aliphatic carbocycles. The zero-order chi connectivity index (χ0) is 5.82. The normalized spacial score (nSPS) is 9.12. The van der Waals surface area contributed by atoms with E-state index in [1.54, 1.807) is 12.4 Å². The summed E-state index contributed by atoms with van der Waals surface area (Å²) in [5.74, 6) is 0. The molecule has 0 aliphatic rings. The molecule has 1 radical (unpaired) electrons. The van der Waals surface area contributed by atoms with E-state index in [2.05, 4.69) is 11.1 Å². The highest BCUT2D eigenvalue weighted by Gasteiger charge is 1.81. The number of hydrogen-bond acceptors (Lipinski definition) is 2. The molecular weight excluding hydrogens is 100 g/mol. The molecule has 2 nitrogen and oxygen atoms in total. The summed E-state index contributed by atoms with van der Waals surface area (Å²) < 4.78 is 0. The van der Waals surface area contributed by atoms with Crippen LogP contribution in [-0.4, -0.2) is 4.98 Å². The predicted molar refractivity (Wildman–Crippen MR) is 31.0 cm³/mol. The molecule has 1 heterocycles. The second kappa shape index (κ2) is 2.43. The van der Waals surface area contributed by atoms with E-state index in [0.29, 0.717) is 6.54 Å². The molecule has 0 amide bonds. The van der Waals surface area contributed by atoms with Gasteiger partial charge in [0.25, 0.3) is 0 Å². The first-order chi connectivity index (χ1) is 3.93. The SMILES string of the molecule is NCc1c[c]cnc1. The van der Waals surface area contributed by atoms with Crippen LogP contribution in [0.2, 0.25) is 0 Å². The molecular formula is C6H7N2. The van der Waals surface area contributed by atoms with Gasteiger partial charge in [0.15, 0.2) is 0 Å². The molecule has 0 fully saturated rings. The molecule has 1 rings (SSSR count). The van der Waals surface area contributed by atoms with Crippen LogP contribution in [0.3, 0.4) is 0 Å². The van der Waals surface area contributed by atoms with E-state index in [1.165, 1.54) is 0 Å². The van der Waals surface area contributed by atoms with Crippen molar-refractivity contribution < 1.29 is 0 Å². The fraction of sp³-hybridized carbons (Fsp3) is 0.167. The molecule has 1 aromatic rings. The van der Waals surface area contributed by atoms with E-state index in [1.807, 2.05) is 6.07 Å². The summed E-state index contributed by atoms with van der Waals surface area (Å²) in [6.07, 6.45) is 3.34. The summed E-state index contributed by atoms with van der Waals surface area (Å²) >= 11 is 0. The van der Waals surface area contributed by atoms with Crippen LogP contribution in [0.15, 0.2) is 18.5 Å². The molecule has 2 heteroatoms. The van der Waals surface area contributed by atoms with Crippen molar-refractivity contribution in [3.05, 3.63) is 30.1 Å². The molecule has 0 aromatic carbocycles. The van der Waals surface area contributed by atoms with Crippen LogP contribution >= 0.6 is 0 Å². The number of hydrogen-bond donors (Lipinski definition) is 1. The minimum Gasteiger partial charge on any atom is -0.326 e. The Labute approximate surface area is 48.4 Å². The summed E-state index contributed by atoms with van der Waals surface area (Å²) in [4.78, 5) is 3.82. The largest absolute Gasteiger partial charge is 0.326 e. The van der Waals surface area contributed by atoms with Gasteiger partial charge in [-0.3, -0.25) is 4.98 Å². The quantitative estimate of drug-likeness (QED) is 0.562. The lowest BCUT2D eigenvalue weighted by molar-refractivity contribution is 1.05. The lowest BCUT2D eigenvalue weighted by atomic mass is 10.3. The van der Waals surface area contributed by atoms with Crippen molar-refractivity contribution in [2.24, 2.45) is 5.73 Å². The van der Waals surface area contributed by atoms with Gasteiger partial charge in [0.05, 0.1) is 0 Å². The van der Waals surface area contributed by atoms with Crippen molar-refractivity contribution in [3.8, 4) is 0 Å². The third kappa shape index (κ3) is 1.04. The number of nitrogens with zero attached hydrogens (tertiary/aromatic N) is 1. The Morgan fingerprint density at radius 1 is 1.75 bits per heavy atom. The maximum absolute atomic E-state index is 5.29. The van der Waals surface area contributed by atoms with Crippen LogP contribution in [-0.2, 0) is 6.54 Å². The minimum atomic E-state index is 0.546. The predicted octanol–water partition coefficient (Wildman–Crippen LogP) is 0.340. The Hall–Kier alpha value is -0.890. The van der Waals surface area contributed by atoms with Crippen molar-refractivity contribution in [2.45, 2.75) is 6.54 Å². The van der Waals surface area contributed by atoms with Crippen molar-refractivity contribution in [2.75, 3.05) is 0 Å². The third-order valence-corrected chi connectivity index (χ3v) is 0.894. The molecule has 2 N–H and O–H groups in total. The van der Waals surface area contributed by atoms with E-state index >= 15 is 0 Å². The maximum Gasteiger partial charge on any atom is 0.0347 e. The van der Waals surface area contributed by atoms with E-state index < -0.39 is 0 Å².